The summed E-state index contributed by atoms with van der Waals surface area (Å²) in [7, 11) is 0. The molecule has 0 amide bonds. The van der Waals surface area contributed by atoms with Gasteiger partial charge in [0.15, 0.2) is 10.3 Å². The maximum atomic E-state index is 9.59. The molecule has 1 aliphatic carbocycles. The van der Waals surface area contributed by atoms with Crippen LogP contribution in [0.4, 0.5) is 5.69 Å². The van der Waals surface area contributed by atoms with Crippen molar-refractivity contribution in [3.63, 3.8) is 0 Å². The van der Waals surface area contributed by atoms with Crippen LogP contribution < -0.4 is 5.32 Å². The fraction of sp³-hybridized carbons (Fsp3) is 0.636. The molecule has 4 nitrogen and oxygen atoms in total. The first-order chi connectivity index (χ1) is 8.15. The average Bonchev–Trinajstić information content (AvgIpc) is 2.35. The molecule has 2 N–H and O–H groups in total. The van der Waals surface area contributed by atoms with E-state index in [-0.39, 0.29) is 17.3 Å². The molecule has 2 rings (SSSR count). The summed E-state index contributed by atoms with van der Waals surface area (Å²) in [6, 6.07) is 1.64. The zero-order valence-electron chi connectivity index (χ0n) is 9.42. The molecular formula is C11H15Cl2N3O. The van der Waals surface area contributed by atoms with Crippen molar-refractivity contribution in [3.05, 3.63) is 16.4 Å². The van der Waals surface area contributed by atoms with Crippen molar-refractivity contribution >= 4 is 28.9 Å². The molecular weight excluding hydrogens is 261 g/mol. The van der Waals surface area contributed by atoms with Gasteiger partial charge in [0.05, 0.1) is 17.8 Å². The Labute approximate surface area is 110 Å². The van der Waals surface area contributed by atoms with E-state index in [1.54, 1.807) is 6.07 Å². The Bertz CT molecular complexity index is 394. The van der Waals surface area contributed by atoms with Crippen LogP contribution in [0, 0.1) is 0 Å². The van der Waals surface area contributed by atoms with Gasteiger partial charge in [-0.3, -0.25) is 0 Å². The van der Waals surface area contributed by atoms with Crippen LogP contribution in [0.3, 0.4) is 0 Å². The van der Waals surface area contributed by atoms with Gasteiger partial charge < -0.3 is 10.4 Å². The van der Waals surface area contributed by atoms with Gasteiger partial charge >= 0.3 is 0 Å². The summed E-state index contributed by atoms with van der Waals surface area (Å²) in [6.45, 7) is 0.0866. The molecule has 1 aliphatic rings. The van der Waals surface area contributed by atoms with E-state index < -0.39 is 0 Å². The number of halogens is 2. The second-order valence-electron chi connectivity index (χ2n) is 4.50. The molecule has 17 heavy (non-hydrogen) atoms. The van der Waals surface area contributed by atoms with E-state index in [1.165, 1.54) is 6.42 Å². The number of aliphatic hydroxyl groups excluding tert-OH is 1. The van der Waals surface area contributed by atoms with Gasteiger partial charge in [-0.05, 0) is 12.8 Å². The predicted octanol–water partition coefficient (Wildman–Crippen LogP) is 2.89. The van der Waals surface area contributed by atoms with Crippen molar-refractivity contribution in [1.82, 2.24) is 10.2 Å². The van der Waals surface area contributed by atoms with Gasteiger partial charge in [-0.1, -0.05) is 42.5 Å². The van der Waals surface area contributed by atoms with Gasteiger partial charge in [-0.15, -0.1) is 10.2 Å². The number of aromatic nitrogens is 2. The summed E-state index contributed by atoms with van der Waals surface area (Å²) < 4.78 is 0. The van der Waals surface area contributed by atoms with Crippen molar-refractivity contribution in [2.75, 3.05) is 11.9 Å². The second-order valence-corrected chi connectivity index (χ2v) is 5.24. The molecule has 0 aliphatic heterocycles. The minimum atomic E-state index is -0.297. The maximum absolute atomic E-state index is 9.59. The third kappa shape index (κ3) is 3.00. The van der Waals surface area contributed by atoms with Gasteiger partial charge in [0.1, 0.15) is 0 Å². The summed E-state index contributed by atoms with van der Waals surface area (Å²) in [5.74, 6) is 0. The highest BCUT2D eigenvalue weighted by Crippen LogP contribution is 2.33. The highest BCUT2D eigenvalue weighted by molar-refractivity contribution is 6.33. The van der Waals surface area contributed by atoms with Gasteiger partial charge in [0.25, 0.3) is 0 Å². The first-order valence-corrected chi connectivity index (χ1v) is 6.49. The van der Waals surface area contributed by atoms with Crippen LogP contribution in [-0.2, 0) is 0 Å². The quantitative estimate of drug-likeness (QED) is 0.891. The van der Waals surface area contributed by atoms with E-state index in [1.807, 2.05) is 0 Å². The van der Waals surface area contributed by atoms with Crippen molar-refractivity contribution < 1.29 is 5.11 Å². The van der Waals surface area contributed by atoms with Crippen LogP contribution in [0.1, 0.15) is 32.1 Å². The summed E-state index contributed by atoms with van der Waals surface area (Å²) in [5.41, 5.74) is 0.344. The number of nitrogens with zero attached hydrogens (tertiary/aromatic N) is 2. The monoisotopic (exact) mass is 275 g/mol. The van der Waals surface area contributed by atoms with E-state index >= 15 is 0 Å². The highest BCUT2D eigenvalue weighted by Gasteiger charge is 2.31. The smallest absolute Gasteiger partial charge is 0.174 e. The Balaban J connectivity index is 2.20. The number of nitrogens with one attached hydrogen (secondary N) is 1. The van der Waals surface area contributed by atoms with Crippen molar-refractivity contribution in [1.29, 1.82) is 0 Å². The number of hydrogen-bond donors (Lipinski definition) is 2. The van der Waals surface area contributed by atoms with E-state index in [9.17, 15) is 5.11 Å². The molecule has 1 saturated carbocycles. The number of aliphatic hydroxyl groups is 1. The molecule has 1 fully saturated rings. The fourth-order valence-corrected chi connectivity index (χ4v) is 2.56. The zero-order chi connectivity index (χ0) is 12.3. The maximum Gasteiger partial charge on any atom is 0.174 e. The largest absolute Gasteiger partial charge is 0.394 e. The van der Waals surface area contributed by atoms with E-state index in [0.29, 0.717) is 10.8 Å². The van der Waals surface area contributed by atoms with Crippen LogP contribution in [-0.4, -0.2) is 27.4 Å². The van der Waals surface area contributed by atoms with Gasteiger partial charge in [0, 0.05) is 6.07 Å². The molecule has 1 aromatic rings. The molecule has 0 bridgehead atoms. The molecule has 6 heteroatoms. The topological polar surface area (TPSA) is 58.0 Å². The molecule has 0 aromatic carbocycles. The Morgan fingerprint density at radius 3 is 2.59 bits per heavy atom. The number of hydrogen-bond acceptors (Lipinski definition) is 4. The molecule has 1 aromatic heterocycles. The molecule has 0 atom stereocenters. The van der Waals surface area contributed by atoms with E-state index in [4.69, 9.17) is 23.2 Å². The van der Waals surface area contributed by atoms with Crippen molar-refractivity contribution in [2.24, 2.45) is 0 Å². The molecule has 0 saturated heterocycles. The van der Waals surface area contributed by atoms with Crippen molar-refractivity contribution in [3.8, 4) is 0 Å². The molecule has 0 spiro atoms. The Morgan fingerprint density at radius 2 is 1.94 bits per heavy atom. The SMILES string of the molecule is OCC1(Nc2cc(Cl)nnc2Cl)CCCCC1. The van der Waals surface area contributed by atoms with Gasteiger partial charge in [0.2, 0.25) is 0 Å². The fourth-order valence-electron chi connectivity index (χ4n) is 2.28. The summed E-state index contributed by atoms with van der Waals surface area (Å²) in [6.07, 6.45) is 5.29. The van der Waals surface area contributed by atoms with Crippen LogP contribution in [0.15, 0.2) is 6.07 Å². The summed E-state index contributed by atoms with van der Waals surface area (Å²) in [4.78, 5) is 0. The third-order valence-electron chi connectivity index (χ3n) is 3.23. The normalized spacial score (nSPS) is 19.0. The number of anilines is 1. The van der Waals surface area contributed by atoms with Crippen LogP contribution in [0.25, 0.3) is 0 Å². The van der Waals surface area contributed by atoms with Crippen molar-refractivity contribution in [2.45, 2.75) is 37.6 Å². The van der Waals surface area contributed by atoms with Crippen LogP contribution in [0.2, 0.25) is 10.3 Å². The lowest BCUT2D eigenvalue weighted by molar-refractivity contribution is 0.173. The van der Waals surface area contributed by atoms with E-state index in [2.05, 4.69) is 15.5 Å². The predicted molar refractivity (Wildman–Crippen MR) is 68.6 cm³/mol. The standard InChI is InChI=1S/C11H15Cl2N3O/c12-9-6-8(10(13)16-15-9)14-11(7-17)4-2-1-3-5-11/h6,17H,1-5,7H2,(H,14,15). The zero-order valence-corrected chi connectivity index (χ0v) is 10.9. The third-order valence-corrected chi connectivity index (χ3v) is 3.70. The molecule has 0 unspecified atom stereocenters. The Hall–Kier alpha value is -0.580. The first kappa shape index (κ1) is 12.9. The van der Waals surface area contributed by atoms with E-state index in [0.717, 1.165) is 25.7 Å². The Kier molecular flexibility index (Phi) is 4.07. The van der Waals surface area contributed by atoms with Crippen LogP contribution >= 0.6 is 23.2 Å². The molecule has 0 radical (unpaired) electrons. The minimum Gasteiger partial charge on any atom is -0.394 e. The van der Waals surface area contributed by atoms with Gasteiger partial charge in [-0.2, -0.15) is 0 Å². The second kappa shape index (κ2) is 5.38. The molecule has 1 heterocycles. The molecule has 94 valence electrons. The lowest BCUT2D eigenvalue weighted by Crippen LogP contribution is -2.44. The first-order valence-electron chi connectivity index (χ1n) is 5.73. The van der Waals surface area contributed by atoms with Crippen LogP contribution in [0.5, 0.6) is 0 Å². The summed E-state index contributed by atoms with van der Waals surface area (Å²) in [5, 5.41) is 20.9. The van der Waals surface area contributed by atoms with Gasteiger partial charge in [-0.25, -0.2) is 0 Å². The lowest BCUT2D eigenvalue weighted by atomic mass is 9.82. The lowest BCUT2D eigenvalue weighted by Gasteiger charge is -2.37. The minimum absolute atomic E-state index is 0.0866. The Morgan fingerprint density at radius 1 is 1.24 bits per heavy atom. The number of rotatable bonds is 3. The highest BCUT2D eigenvalue weighted by atomic mass is 35.5. The summed E-state index contributed by atoms with van der Waals surface area (Å²) >= 11 is 11.7. The average molecular weight is 276 g/mol.